The third-order valence-electron chi connectivity index (χ3n) is 4.99. The average molecular weight is 392 g/mol. The van der Waals surface area contributed by atoms with Crippen molar-refractivity contribution in [3.05, 3.63) is 82.7 Å². The molecule has 1 saturated heterocycles. The van der Waals surface area contributed by atoms with Gasteiger partial charge in [-0.05, 0) is 30.2 Å². The van der Waals surface area contributed by atoms with Gasteiger partial charge in [0, 0.05) is 13.1 Å². The van der Waals surface area contributed by atoms with E-state index in [4.69, 9.17) is 9.47 Å². The van der Waals surface area contributed by atoms with E-state index in [0.29, 0.717) is 18.7 Å². The van der Waals surface area contributed by atoms with Crippen LogP contribution in [0.4, 0.5) is 0 Å². The quantitative estimate of drug-likeness (QED) is 0.601. The smallest absolute Gasteiger partial charge is 0.337 e. The van der Waals surface area contributed by atoms with Crippen LogP contribution in [0, 0.1) is 6.92 Å². The summed E-state index contributed by atoms with van der Waals surface area (Å²) < 4.78 is 12.5. The van der Waals surface area contributed by atoms with Crippen LogP contribution in [0.5, 0.6) is 0 Å². The number of ether oxygens (including phenoxy) is 2. The molecule has 1 atom stereocenters. The van der Waals surface area contributed by atoms with Crippen LogP contribution in [-0.2, 0) is 22.6 Å². The molecule has 1 aliphatic heterocycles. The van der Waals surface area contributed by atoms with Gasteiger partial charge in [-0.25, -0.2) is 9.48 Å². The molecule has 2 aromatic carbocycles. The van der Waals surface area contributed by atoms with E-state index in [1.54, 1.807) is 10.7 Å². The minimum absolute atomic E-state index is 0.202. The molecule has 1 fully saturated rings. The molecule has 2 heterocycles. The van der Waals surface area contributed by atoms with Crippen molar-refractivity contribution in [1.29, 1.82) is 0 Å². The number of methoxy groups -OCH3 is 1. The molecule has 0 unspecified atom stereocenters. The Bertz CT molecular complexity index is 984. The molecule has 7 nitrogen and oxygen atoms in total. The molecule has 150 valence electrons. The molecule has 0 saturated carbocycles. The SMILES string of the molecule is COC(=O)c1cccc(Cn2cc([C@@H]3OCCN3Cc3ccc(C)cc3)nn2)c1. The summed E-state index contributed by atoms with van der Waals surface area (Å²) in [5.74, 6) is -0.350. The van der Waals surface area contributed by atoms with E-state index >= 15 is 0 Å². The van der Waals surface area contributed by atoms with Gasteiger partial charge in [-0.1, -0.05) is 47.2 Å². The molecule has 0 N–H and O–H groups in total. The lowest BCUT2D eigenvalue weighted by Gasteiger charge is -2.21. The van der Waals surface area contributed by atoms with Crippen LogP contribution in [0.1, 0.15) is 39.0 Å². The molecule has 0 bridgehead atoms. The second kappa shape index (κ2) is 8.55. The molecule has 0 aliphatic carbocycles. The van der Waals surface area contributed by atoms with Crippen molar-refractivity contribution in [2.24, 2.45) is 0 Å². The maximum atomic E-state index is 11.7. The van der Waals surface area contributed by atoms with Gasteiger partial charge < -0.3 is 9.47 Å². The maximum absolute atomic E-state index is 11.7. The summed E-state index contributed by atoms with van der Waals surface area (Å²) in [6.45, 7) is 4.93. The lowest BCUT2D eigenvalue weighted by molar-refractivity contribution is 0.0252. The molecule has 7 heteroatoms. The van der Waals surface area contributed by atoms with Crippen LogP contribution in [0.25, 0.3) is 0 Å². The van der Waals surface area contributed by atoms with E-state index < -0.39 is 0 Å². The van der Waals surface area contributed by atoms with Crippen LogP contribution < -0.4 is 0 Å². The largest absolute Gasteiger partial charge is 0.465 e. The summed E-state index contributed by atoms with van der Waals surface area (Å²) in [5.41, 5.74) is 4.76. The van der Waals surface area contributed by atoms with E-state index in [2.05, 4.69) is 46.4 Å². The summed E-state index contributed by atoms with van der Waals surface area (Å²) in [5, 5.41) is 8.58. The molecule has 0 spiro atoms. The van der Waals surface area contributed by atoms with Crippen LogP contribution in [0.15, 0.2) is 54.7 Å². The van der Waals surface area contributed by atoms with Gasteiger partial charge in [0.25, 0.3) is 0 Å². The topological polar surface area (TPSA) is 69.5 Å². The van der Waals surface area contributed by atoms with Crippen LogP contribution in [0.2, 0.25) is 0 Å². The number of benzene rings is 2. The minimum Gasteiger partial charge on any atom is -0.465 e. The van der Waals surface area contributed by atoms with Gasteiger partial charge in [0.1, 0.15) is 5.69 Å². The number of rotatable bonds is 6. The van der Waals surface area contributed by atoms with Crippen LogP contribution in [-0.4, -0.2) is 46.1 Å². The summed E-state index contributed by atoms with van der Waals surface area (Å²) in [7, 11) is 1.38. The Hall–Kier alpha value is -3.03. The number of aryl methyl sites for hydroxylation is 1. The van der Waals surface area contributed by atoms with E-state index in [-0.39, 0.29) is 12.2 Å². The zero-order valence-electron chi connectivity index (χ0n) is 16.6. The highest BCUT2D eigenvalue weighted by Crippen LogP contribution is 2.27. The molecule has 4 rings (SSSR count). The summed E-state index contributed by atoms with van der Waals surface area (Å²) >= 11 is 0. The summed E-state index contributed by atoms with van der Waals surface area (Å²) in [6, 6.07) is 15.9. The molecule has 1 aliphatic rings. The Labute approximate surface area is 169 Å². The van der Waals surface area contributed by atoms with E-state index in [1.807, 2.05) is 24.4 Å². The summed E-state index contributed by atoms with van der Waals surface area (Å²) in [6.07, 6.45) is 1.70. The number of hydrogen-bond donors (Lipinski definition) is 0. The second-order valence-electron chi connectivity index (χ2n) is 7.21. The first kappa shape index (κ1) is 19.3. The summed E-state index contributed by atoms with van der Waals surface area (Å²) in [4.78, 5) is 14.0. The van der Waals surface area contributed by atoms with Gasteiger partial charge in [0.15, 0.2) is 6.23 Å². The van der Waals surface area contributed by atoms with Crippen molar-refractivity contribution in [1.82, 2.24) is 19.9 Å². The van der Waals surface area contributed by atoms with Crippen molar-refractivity contribution in [2.45, 2.75) is 26.2 Å². The highest BCUT2D eigenvalue weighted by Gasteiger charge is 2.29. The Balaban J connectivity index is 1.45. The highest BCUT2D eigenvalue weighted by molar-refractivity contribution is 5.89. The number of carbonyl (C=O) groups excluding carboxylic acids is 1. The van der Waals surface area contributed by atoms with Crippen molar-refractivity contribution in [2.75, 3.05) is 20.3 Å². The fourth-order valence-electron chi connectivity index (χ4n) is 3.47. The van der Waals surface area contributed by atoms with Crippen molar-refractivity contribution >= 4 is 5.97 Å². The monoisotopic (exact) mass is 392 g/mol. The molecular weight excluding hydrogens is 368 g/mol. The van der Waals surface area contributed by atoms with E-state index in [1.165, 1.54) is 18.2 Å². The van der Waals surface area contributed by atoms with Crippen LogP contribution in [0.3, 0.4) is 0 Å². The molecule has 3 aromatic rings. The predicted molar refractivity (Wildman–Crippen MR) is 107 cm³/mol. The number of hydrogen-bond acceptors (Lipinski definition) is 6. The maximum Gasteiger partial charge on any atom is 0.337 e. The van der Waals surface area contributed by atoms with Gasteiger partial charge >= 0.3 is 5.97 Å². The first-order valence-electron chi connectivity index (χ1n) is 9.61. The predicted octanol–water partition coefficient (Wildman–Crippen LogP) is 2.95. The standard InChI is InChI=1S/C22H24N4O3/c1-16-6-8-17(9-7-16)13-25-10-11-29-21(25)20-15-26(24-23-20)14-18-4-3-5-19(12-18)22(27)28-2/h3-9,12,15,21H,10-11,13-14H2,1-2H3/t21-/m0/s1. The first-order chi connectivity index (χ1) is 14.1. The number of carbonyl (C=O) groups is 1. The first-order valence-corrected chi connectivity index (χ1v) is 9.61. The van der Waals surface area contributed by atoms with Crippen molar-refractivity contribution < 1.29 is 14.3 Å². The second-order valence-corrected chi connectivity index (χ2v) is 7.21. The zero-order chi connectivity index (χ0) is 20.2. The average Bonchev–Trinajstić information content (AvgIpc) is 3.38. The van der Waals surface area contributed by atoms with Gasteiger partial charge in [-0.15, -0.1) is 5.10 Å². The third-order valence-corrected chi connectivity index (χ3v) is 4.99. The van der Waals surface area contributed by atoms with Crippen LogP contribution >= 0.6 is 0 Å². The van der Waals surface area contributed by atoms with E-state index in [0.717, 1.165) is 24.3 Å². The number of esters is 1. The zero-order valence-corrected chi connectivity index (χ0v) is 16.6. The van der Waals surface area contributed by atoms with Gasteiger partial charge in [-0.3, -0.25) is 4.90 Å². The normalized spacial score (nSPS) is 16.8. The molecule has 0 amide bonds. The van der Waals surface area contributed by atoms with Gasteiger partial charge in [-0.2, -0.15) is 0 Å². The molecule has 1 aromatic heterocycles. The lowest BCUT2D eigenvalue weighted by atomic mass is 10.1. The van der Waals surface area contributed by atoms with Crippen molar-refractivity contribution in [3.63, 3.8) is 0 Å². The molecule has 0 radical (unpaired) electrons. The lowest BCUT2D eigenvalue weighted by Crippen LogP contribution is -2.23. The van der Waals surface area contributed by atoms with Crippen molar-refractivity contribution in [3.8, 4) is 0 Å². The Morgan fingerprint density at radius 3 is 2.79 bits per heavy atom. The fourth-order valence-corrected chi connectivity index (χ4v) is 3.47. The highest BCUT2D eigenvalue weighted by atomic mass is 16.5. The Morgan fingerprint density at radius 1 is 1.17 bits per heavy atom. The fraction of sp³-hybridized carbons (Fsp3) is 0.318. The molecule has 29 heavy (non-hydrogen) atoms. The van der Waals surface area contributed by atoms with E-state index in [9.17, 15) is 4.79 Å². The third kappa shape index (κ3) is 4.52. The minimum atomic E-state index is -0.350. The Kier molecular flexibility index (Phi) is 5.69. The van der Waals surface area contributed by atoms with Gasteiger partial charge in [0.05, 0.1) is 32.0 Å². The number of aromatic nitrogens is 3. The Morgan fingerprint density at radius 2 is 2.00 bits per heavy atom. The molecular formula is C22H24N4O3. The van der Waals surface area contributed by atoms with Gasteiger partial charge in [0.2, 0.25) is 0 Å². The number of nitrogens with zero attached hydrogens (tertiary/aromatic N) is 4.